The summed E-state index contributed by atoms with van der Waals surface area (Å²) in [5.74, 6) is 1.19. The van der Waals surface area contributed by atoms with Gasteiger partial charge < -0.3 is 15.5 Å². The number of amides is 2. The fourth-order valence-electron chi connectivity index (χ4n) is 2.71. The van der Waals surface area contributed by atoms with E-state index in [1.165, 1.54) is 0 Å². The van der Waals surface area contributed by atoms with Gasteiger partial charge in [0.2, 0.25) is 11.8 Å². The zero-order chi connectivity index (χ0) is 18.4. The van der Waals surface area contributed by atoms with Crippen LogP contribution in [-0.4, -0.2) is 40.9 Å². The van der Waals surface area contributed by atoms with Crippen molar-refractivity contribution < 1.29 is 9.59 Å². The predicted octanol–water partition coefficient (Wildman–Crippen LogP) is 3.07. The van der Waals surface area contributed by atoms with Gasteiger partial charge >= 0.3 is 0 Å². The third-order valence-electron chi connectivity index (χ3n) is 3.96. The van der Waals surface area contributed by atoms with Crippen LogP contribution in [-0.2, 0) is 16.1 Å². The number of carbonyl (C=O) groups excluding carboxylic acids is 2. The monoisotopic (exact) mass is 363 g/mol. The van der Waals surface area contributed by atoms with Crippen molar-refractivity contribution in [2.75, 3.05) is 23.5 Å². The molecular formula is C19H29N3O2S. The summed E-state index contributed by atoms with van der Waals surface area (Å²) >= 11 is 1.63. The van der Waals surface area contributed by atoms with Crippen LogP contribution in [0.4, 0.5) is 5.69 Å². The molecule has 138 valence electrons. The summed E-state index contributed by atoms with van der Waals surface area (Å²) in [6.07, 6.45) is 0.454. The number of nitrogens with zero attached hydrogens (tertiary/aromatic N) is 1. The van der Waals surface area contributed by atoms with Crippen LogP contribution in [0.25, 0.3) is 0 Å². The van der Waals surface area contributed by atoms with Gasteiger partial charge in [-0.15, -0.1) is 11.8 Å². The van der Waals surface area contributed by atoms with E-state index < -0.39 is 6.04 Å². The number of benzene rings is 1. The molecule has 2 amide bonds. The van der Waals surface area contributed by atoms with Crippen molar-refractivity contribution in [3.05, 3.63) is 29.8 Å². The summed E-state index contributed by atoms with van der Waals surface area (Å²) < 4.78 is 0. The first kappa shape index (κ1) is 19.8. The van der Waals surface area contributed by atoms with E-state index in [4.69, 9.17) is 0 Å². The lowest BCUT2D eigenvalue weighted by Gasteiger charge is -2.26. The molecule has 1 aliphatic rings. The van der Waals surface area contributed by atoms with Gasteiger partial charge in [0.15, 0.2) is 0 Å². The fraction of sp³-hybridized carbons (Fsp3) is 0.579. The van der Waals surface area contributed by atoms with Crippen molar-refractivity contribution in [2.45, 2.75) is 46.7 Å². The highest BCUT2D eigenvalue weighted by molar-refractivity contribution is 7.99. The van der Waals surface area contributed by atoms with Crippen molar-refractivity contribution >= 4 is 29.3 Å². The summed E-state index contributed by atoms with van der Waals surface area (Å²) in [6, 6.07) is 7.44. The molecule has 0 aliphatic carbocycles. The number of anilines is 1. The Balaban J connectivity index is 2.00. The van der Waals surface area contributed by atoms with Gasteiger partial charge in [-0.05, 0) is 29.7 Å². The second kappa shape index (κ2) is 8.72. The molecule has 25 heavy (non-hydrogen) atoms. The summed E-state index contributed by atoms with van der Waals surface area (Å²) in [5.41, 5.74) is 1.83. The topological polar surface area (TPSA) is 61.4 Å². The van der Waals surface area contributed by atoms with E-state index in [1.807, 2.05) is 45.0 Å². The Morgan fingerprint density at radius 3 is 2.76 bits per heavy atom. The highest BCUT2D eigenvalue weighted by Gasteiger charge is 2.35. The van der Waals surface area contributed by atoms with Gasteiger partial charge in [-0.1, -0.05) is 39.8 Å². The van der Waals surface area contributed by atoms with Crippen LogP contribution in [0.1, 0.15) is 39.7 Å². The number of nitrogens with one attached hydrogen (secondary N) is 2. The molecule has 0 radical (unpaired) electrons. The van der Waals surface area contributed by atoms with Gasteiger partial charge in [-0.25, -0.2) is 0 Å². The summed E-state index contributed by atoms with van der Waals surface area (Å²) in [7, 11) is 0. The molecule has 1 aromatic rings. The van der Waals surface area contributed by atoms with Crippen LogP contribution in [0.15, 0.2) is 24.3 Å². The minimum Gasteiger partial charge on any atom is -0.324 e. The van der Waals surface area contributed by atoms with Crippen LogP contribution in [0.5, 0.6) is 0 Å². The lowest BCUT2D eigenvalue weighted by molar-refractivity contribution is -0.137. The first-order valence-corrected chi connectivity index (χ1v) is 9.93. The minimum atomic E-state index is -0.391. The number of hydrogen-bond donors (Lipinski definition) is 2. The van der Waals surface area contributed by atoms with Gasteiger partial charge in [0.25, 0.3) is 0 Å². The standard InChI is InChI=1S/C19H29N3O2S/c1-5-20-11-14-7-6-8-15(9-14)21-18(24)16-12-25-13-22(16)17(23)10-19(2,3)4/h6-9,16,20H,5,10-13H2,1-4H3,(H,21,24). The minimum absolute atomic E-state index is 0.0542. The molecule has 1 saturated heterocycles. The molecule has 1 unspecified atom stereocenters. The molecule has 1 heterocycles. The second-order valence-corrected chi connectivity index (χ2v) is 8.59. The van der Waals surface area contributed by atoms with Gasteiger partial charge in [0.1, 0.15) is 6.04 Å². The lowest BCUT2D eigenvalue weighted by atomic mass is 9.91. The first-order chi connectivity index (χ1) is 11.8. The molecule has 1 aliphatic heterocycles. The molecule has 0 saturated carbocycles. The predicted molar refractivity (Wildman–Crippen MR) is 104 cm³/mol. The molecule has 2 N–H and O–H groups in total. The molecule has 0 spiro atoms. The Kier molecular flexibility index (Phi) is 6.90. The number of thioether (sulfide) groups is 1. The van der Waals surface area contributed by atoms with Crippen molar-refractivity contribution in [3.8, 4) is 0 Å². The van der Waals surface area contributed by atoms with Gasteiger partial charge in [-0.3, -0.25) is 9.59 Å². The van der Waals surface area contributed by atoms with Crippen LogP contribution >= 0.6 is 11.8 Å². The Labute approximate surface area is 154 Å². The highest BCUT2D eigenvalue weighted by atomic mass is 32.2. The number of hydrogen-bond acceptors (Lipinski definition) is 4. The van der Waals surface area contributed by atoms with E-state index in [1.54, 1.807) is 16.7 Å². The molecule has 1 aromatic carbocycles. The van der Waals surface area contributed by atoms with E-state index in [9.17, 15) is 9.59 Å². The van der Waals surface area contributed by atoms with Crippen molar-refractivity contribution in [1.29, 1.82) is 0 Å². The average molecular weight is 364 g/mol. The maximum atomic E-state index is 12.7. The van der Waals surface area contributed by atoms with E-state index in [2.05, 4.69) is 17.6 Å². The Hall–Kier alpha value is -1.53. The van der Waals surface area contributed by atoms with Crippen LogP contribution in [0, 0.1) is 5.41 Å². The average Bonchev–Trinajstić information content (AvgIpc) is 3.01. The Morgan fingerprint density at radius 1 is 1.32 bits per heavy atom. The van der Waals surface area contributed by atoms with Crippen molar-refractivity contribution in [2.24, 2.45) is 5.41 Å². The zero-order valence-corrected chi connectivity index (χ0v) is 16.4. The second-order valence-electron chi connectivity index (χ2n) is 7.59. The molecular weight excluding hydrogens is 334 g/mol. The first-order valence-electron chi connectivity index (χ1n) is 8.78. The number of carbonyl (C=O) groups is 2. The Morgan fingerprint density at radius 2 is 2.08 bits per heavy atom. The summed E-state index contributed by atoms with van der Waals surface area (Å²) in [5, 5.41) is 6.25. The fourth-order valence-corrected chi connectivity index (χ4v) is 3.90. The molecule has 1 atom stereocenters. The van der Waals surface area contributed by atoms with Gasteiger partial charge in [0, 0.05) is 24.4 Å². The normalized spacial score (nSPS) is 17.6. The van der Waals surface area contributed by atoms with E-state index in [-0.39, 0.29) is 17.2 Å². The Bertz CT molecular complexity index is 613. The number of rotatable bonds is 6. The van der Waals surface area contributed by atoms with Crippen LogP contribution in [0.3, 0.4) is 0 Å². The maximum Gasteiger partial charge on any atom is 0.248 e. The lowest BCUT2D eigenvalue weighted by Crippen LogP contribution is -2.45. The van der Waals surface area contributed by atoms with Crippen molar-refractivity contribution in [3.63, 3.8) is 0 Å². The molecule has 0 bridgehead atoms. The smallest absolute Gasteiger partial charge is 0.248 e. The molecule has 2 rings (SSSR count). The summed E-state index contributed by atoms with van der Waals surface area (Å²) in [4.78, 5) is 26.9. The SMILES string of the molecule is CCNCc1cccc(NC(=O)C2CSCN2C(=O)CC(C)(C)C)c1. The van der Waals surface area contributed by atoms with Gasteiger partial charge in [-0.2, -0.15) is 0 Å². The zero-order valence-electron chi connectivity index (χ0n) is 15.6. The molecule has 1 fully saturated rings. The molecule has 6 heteroatoms. The van der Waals surface area contributed by atoms with E-state index >= 15 is 0 Å². The van der Waals surface area contributed by atoms with Crippen molar-refractivity contribution in [1.82, 2.24) is 10.2 Å². The van der Waals surface area contributed by atoms with Gasteiger partial charge in [0.05, 0.1) is 5.88 Å². The molecule has 0 aromatic heterocycles. The van der Waals surface area contributed by atoms with E-state index in [0.29, 0.717) is 18.1 Å². The highest BCUT2D eigenvalue weighted by Crippen LogP contribution is 2.27. The van der Waals surface area contributed by atoms with E-state index in [0.717, 1.165) is 24.3 Å². The summed E-state index contributed by atoms with van der Waals surface area (Å²) in [6.45, 7) is 9.86. The third kappa shape index (κ3) is 6.04. The third-order valence-corrected chi connectivity index (χ3v) is 4.97. The van der Waals surface area contributed by atoms with Crippen LogP contribution < -0.4 is 10.6 Å². The maximum absolute atomic E-state index is 12.7. The quantitative estimate of drug-likeness (QED) is 0.815. The largest absolute Gasteiger partial charge is 0.324 e. The van der Waals surface area contributed by atoms with Crippen LogP contribution in [0.2, 0.25) is 0 Å². The molecule has 5 nitrogen and oxygen atoms in total.